The summed E-state index contributed by atoms with van der Waals surface area (Å²) >= 11 is 6.26. The van der Waals surface area contributed by atoms with Gasteiger partial charge in [0.1, 0.15) is 24.0 Å². The van der Waals surface area contributed by atoms with E-state index >= 15 is 0 Å². The molecule has 4 aromatic rings. The van der Waals surface area contributed by atoms with Crippen LogP contribution in [-0.2, 0) is 13.2 Å². The maximum absolute atomic E-state index is 14.4. The third-order valence-electron chi connectivity index (χ3n) is 5.03. The van der Waals surface area contributed by atoms with Gasteiger partial charge in [0.25, 0.3) is 0 Å². The predicted octanol–water partition coefficient (Wildman–Crippen LogP) is 6.58. The van der Waals surface area contributed by atoms with E-state index in [9.17, 15) is 4.39 Å². The second-order valence-electron chi connectivity index (χ2n) is 7.32. The molecule has 0 unspecified atom stereocenters. The maximum Gasteiger partial charge on any atom is 0.148 e. The molecule has 0 saturated carbocycles. The van der Waals surface area contributed by atoms with E-state index in [2.05, 4.69) is 26.0 Å². The van der Waals surface area contributed by atoms with E-state index in [4.69, 9.17) is 21.3 Å². The lowest BCUT2D eigenvalue weighted by Crippen LogP contribution is -2.10. The minimum atomic E-state index is -0.327. The number of benzene rings is 3. The molecule has 0 spiro atoms. The molecule has 0 bridgehead atoms. The van der Waals surface area contributed by atoms with Crippen molar-refractivity contribution in [2.24, 2.45) is 0 Å². The van der Waals surface area contributed by atoms with Crippen LogP contribution in [-0.4, -0.2) is 9.55 Å². The summed E-state index contributed by atoms with van der Waals surface area (Å²) < 4.78 is 22.3. The smallest absolute Gasteiger partial charge is 0.148 e. The number of hydrogen-bond acceptors (Lipinski definition) is 2. The number of halogens is 2. The lowest BCUT2D eigenvalue weighted by atomic mass is 10.0. The molecule has 0 saturated heterocycles. The molecule has 0 fully saturated rings. The van der Waals surface area contributed by atoms with Crippen LogP contribution in [0.2, 0.25) is 5.02 Å². The van der Waals surface area contributed by atoms with Gasteiger partial charge in [-0.25, -0.2) is 9.37 Å². The number of rotatable bonds is 6. The molecule has 0 N–H and O–H groups in total. The molecule has 0 atom stereocenters. The Kier molecular flexibility index (Phi) is 5.54. The highest BCUT2D eigenvalue weighted by molar-refractivity contribution is 6.31. The van der Waals surface area contributed by atoms with Crippen molar-refractivity contribution in [2.75, 3.05) is 0 Å². The quantitative estimate of drug-likeness (QED) is 0.360. The van der Waals surface area contributed by atoms with Gasteiger partial charge >= 0.3 is 0 Å². The molecule has 0 aliphatic heterocycles. The molecule has 0 amide bonds. The zero-order valence-electron chi connectivity index (χ0n) is 16.4. The Bertz CT molecular complexity index is 1120. The minimum Gasteiger partial charge on any atom is -0.486 e. The summed E-state index contributed by atoms with van der Waals surface area (Å²) in [6.07, 6.45) is 0. The number of aromatic nitrogens is 2. The van der Waals surface area contributed by atoms with Crippen LogP contribution in [0.15, 0.2) is 66.7 Å². The van der Waals surface area contributed by atoms with Gasteiger partial charge in [-0.05, 0) is 47.9 Å². The van der Waals surface area contributed by atoms with E-state index in [0.717, 1.165) is 22.6 Å². The fourth-order valence-corrected chi connectivity index (χ4v) is 3.57. The topological polar surface area (TPSA) is 27.1 Å². The van der Waals surface area contributed by atoms with Crippen molar-refractivity contribution >= 4 is 22.6 Å². The van der Waals surface area contributed by atoms with Crippen molar-refractivity contribution in [3.8, 4) is 5.75 Å². The van der Waals surface area contributed by atoms with Crippen molar-refractivity contribution in [1.29, 1.82) is 0 Å². The van der Waals surface area contributed by atoms with Gasteiger partial charge < -0.3 is 9.30 Å². The molecule has 29 heavy (non-hydrogen) atoms. The van der Waals surface area contributed by atoms with Gasteiger partial charge in [-0.2, -0.15) is 0 Å². The van der Waals surface area contributed by atoms with Gasteiger partial charge in [-0.1, -0.05) is 55.8 Å². The lowest BCUT2D eigenvalue weighted by molar-refractivity contribution is 0.291. The molecule has 1 aromatic heterocycles. The van der Waals surface area contributed by atoms with E-state index < -0.39 is 0 Å². The first-order valence-electron chi connectivity index (χ1n) is 9.62. The second-order valence-corrected chi connectivity index (χ2v) is 7.72. The third-order valence-corrected chi connectivity index (χ3v) is 5.38. The van der Waals surface area contributed by atoms with Gasteiger partial charge in [-0.3, -0.25) is 0 Å². The van der Waals surface area contributed by atoms with Crippen molar-refractivity contribution in [3.05, 3.63) is 94.5 Å². The Morgan fingerprint density at radius 2 is 1.76 bits per heavy atom. The van der Waals surface area contributed by atoms with Crippen LogP contribution in [0.4, 0.5) is 4.39 Å². The van der Waals surface area contributed by atoms with E-state index in [1.54, 1.807) is 12.1 Å². The summed E-state index contributed by atoms with van der Waals surface area (Å²) in [6, 6.07) is 20.6. The monoisotopic (exact) mass is 408 g/mol. The molecule has 148 valence electrons. The zero-order valence-corrected chi connectivity index (χ0v) is 17.2. The van der Waals surface area contributed by atoms with E-state index in [1.807, 2.05) is 41.0 Å². The van der Waals surface area contributed by atoms with Gasteiger partial charge in [0.05, 0.1) is 17.6 Å². The highest BCUT2D eigenvalue weighted by Gasteiger charge is 2.15. The summed E-state index contributed by atoms with van der Waals surface area (Å²) in [5.41, 5.74) is 3.47. The Balaban J connectivity index is 1.64. The number of ether oxygens (including phenoxy) is 1. The van der Waals surface area contributed by atoms with Crippen LogP contribution in [0, 0.1) is 5.82 Å². The third kappa shape index (κ3) is 4.13. The van der Waals surface area contributed by atoms with Crippen molar-refractivity contribution in [3.63, 3.8) is 0 Å². The summed E-state index contributed by atoms with van der Waals surface area (Å²) in [4.78, 5) is 4.70. The van der Waals surface area contributed by atoms with Gasteiger partial charge in [-0.15, -0.1) is 0 Å². The fourth-order valence-electron chi connectivity index (χ4n) is 3.35. The molecular weight excluding hydrogens is 387 g/mol. The summed E-state index contributed by atoms with van der Waals surface area (Å²) in [7, 11) is 0. The molecule has 3 aromatic carbocycles. The van der Waals surface area contributed by atoms with Crippen molar-refractivity contribution < 1.29 is 9.13 Å². The maximum atomic E-state index is 14.4. The number of imidazole rings is 1. The molecule has 0 aliphatic rings. The van der Waals surface area contributed by atoms with Crippen LogP contribution in [0.3, 0.4) is 0 Å². The molecule has 3 nitrogen and oxygen atoms in total. The van der Waals surface area contributed by atoms with E-state index in [1.165, 1.54) is 11.6 Å². The molecule has 1 heterocycles. The highest BCUT2D eigenvalue weighted by Crippen LogP contribution is 2.25. The van der Waals surface area contributed by atoms with Crippen LogP contribution in [0.25, 0.3) is 11.0 Å². The molecule has 5 heteroatoms. The summed E-state index contributed by atoms with van der Waals surface area (Å²) in [6.45, 7) is 4.89. The normalized spacial score (nSPS) is 11.3. The van der Waals surface area contributed by atoms with Crippen LogP contribution in [0.5, 0.6) is 5.75 Å². The fraction of sp³-hybridized carbons (Fsp3) is 0.208. The van der Waals surface area contributed by atoms with Crippen LogP contribution < -0.4 is 4.74 Å². The Morgan fingerprint density at radius 1 is 1.00 bits per heavy atom. The first kappa shape index (κ1) is 19.5. The number of nitrogens with zero attached hydrogens (tertiary/aromatic N) is 2. The van der Waals surface area contributed by atoms with Crippen LogP contribution in [0.1, 0.15) is 36.7 Å². The summed E-state index contributed by atoms with van der Waals surface area (Å²) in [5.74, 6) is 1.64. The average Bonchev–Trinajstić information content (AvgIpc) is 3.07. The van der Waals surface area contributed by atoms with Crippen LogP contribution >= 0.6 is 11.6 Å². The summed E-state index contributed by atoms with van der Waals surface area (Å²) in [5, 5.41) is 0.402. The zero-order chi connectivity index (χ0) is 20.4. The van der Waals surface area contributed by atoms with E-state index in [0.29, 0.717) is 16.5 Å². The molecule has 4 rings (SSSR count). The molecule has 0 aliphatic carbocycles. The van der Waals surface area contributed by atoms with E-state index in [-0.39, 0.29) is 19.0 Å². The molecular formula is C24H22ClFN2O. The first-order valence-corrected chi connectivity index (χ1v) is 10.0. The average molecular weight is 409 g/mol. The van der Waals surface area contributed by atoms with Gasteiger partial charge in [0, 0.05) is 10.6 Å². The second kappa shape index (κ2) is 8.26. The standard InChI is InChI=1S/C24H22ClFN2O/c1-16(2)17-10-12-18(13-11-17)29-15-24-27-22-8-3-4-9-23(22)28(24)14-19-20(25)6-5-7-21(19)26/h3-13,16H,14-15H2,1-2H3. The van der Waals surface area contributed by atoms with Crippen molar-refractivity contribution in [2.45, 2.75) is 32.9 Å². The van der Waals surface area contributed by atoms with Gasteiger partial charge in [0.15, 0.2) is 0 Å². The number of para-hydroxylation sites is 2. The molecule has 0 radical (unpaired) electrons. The largest absolute Gasteiger partial charge is 0.486 e. The number of hydrogen-bond donors (Lipinski definition) is 0. The van der Waals surface area contributed by atoms with Crippen molar-refractivity contribution in [1.82, 2.24) is 9.55 Å². The highest BCUT2D eigenvalue weighted by atomic mass is 35.5. The Morgan fingerprint density at radius 3 is 2.48 bits per heavy atom. The minimum absolute atomic E-state index is 0.280. The lowest BCUT2D eigenvalue weighted by Gasteiger charge is -2.13. The SMILES string of the molecule is CC(C)c1ccc(OCc2nc3ccccc3n2Cc2c(F)cccc2Cl)cc1. The van der Waals surface area contributed by atoms with Gasteiger partial charge in [0.2, 0.25) is 0 Å². The number of fused-ring (bicyclic) bond motifs is 1. The predicted molar refractivity (Wildman–Crippen MR) is 115 cm³/mol. The first-order chi connectivity index (χ1) is 14.0. The Hall–Kier alpha value is -2.85. The Labute approximate surface area is 174 Å².